The molecule has 2 rings (SSSR count). The summed E-state index contributed by atoms with van der Waals surface area (Å²) in [5.41, 5.74) is 2.17. The Hall–Kier alpha value is -2.08. The van der Waals surface area contributed by atoms with Gasteiger partial charge < -0.3 is 14.4 Å². The Balaban J connectivity index is 2.06. The Morgan fingerprint density at radius 3 is 3.00 bits per heavy atom. The molecule has 2 N–H and O–H groups in total. The second-order valence-electron chi connectivity index (χ2n) is 4.23. The number of fused-ring (bicyclic) bond motifs is 1. The molecule has 0 spiro atoms. The largest absolute Gasteiger partial charge is 0.481 e. The molecule has 0 fully saturated rings. The van der Waals surface area contributed by atoms with Crippen LogP contribution in [0.15, 0.2) is 27.4 Å². The van der Waals surface area contributed by atoms with E-state index in [9.17, 15) is 9.59 Å². The first-order chi connectivity index (χ1) is 8.54. The zero-order valence-corrected chi connectivity index (χ0v) is 9.97. The van der Waals surface area contributed by atoms with E-state index >= 15 is 0 Å². The highest BCUT2D eigenvalue weighted by atomic mass is 16.4. The molecule has 6 nitrogen and oxygen atoms in total. The Bertz CT molecular complexity index is 614. The molecule has 2 aromatic rings. The van der Waals surface area contributed by atoms with Crippen LogP contribution in [0.1, 0.15) is 12.0 Å². The summed E-state index contributed by atoms with van der Waals surface area (Å²) < 4.78 is 4.90. The third kappa shape index (κ3) is 2.98. The van der Waals surface area contributed by atoms with Crippen molar-refractivity contribution in [2.45, 2.75) is 13.0 Å². The number of aliphatic carboxylic acids is 1. The van der Waals surface area contributed by atoms with Gasteiger partial charge in [0.1, 0.15) is 0 Å². The third-order valence-corrected chi connectivity index (χ3v) is 2.64. The highest BCUT2D eigenvalue weighted by Gasteiger charge is 2.06. The Labute approximate surface area is 103 Å². The van der Waals surface area contributed by atoms with Crippen LogP contribution in [0.4, 0.5) is 0 Å². The summed E-state index contributed by atoms with van der Waals surface area (Å²) >= 11 is 0. The van der Waals surface area contributed by atoms with Gasteiger partial charge in [-0.2, -0.15) is 0 Å². The summed E-state index contributed by atoms with van der Waals surface area (Å²) in [4.78, 5) is 26.0. The lowest BCUT2D eigenvalue weighted by Gasteiger charge is -2.15. The Kier molecular flexibility index (Phi) is 3.47. The maximum Gasteiger partial charge on any atom is 0.417 e. The predicted molar refractivity (Wildman–Crippen MR) is 65.4 cm³/mol. The van der Waals surface area contributed by atoms with Gasteiger partial charge >= 0.3 is 11.7 Å². The number of aromatic amines is 1. The van der Waals surface area contributed by atoms with Crippen molar-refractivity contribution in [1.29, 1.82) is 0 Å². The molecule has 0 aliphatic rings. The molecule has 1 heterocycles. The lowest BCUT2D eigenvalue weighted by Crippen LogP contribution is -2.21. The zero-order chi connectivity index (χ0) is 13.1. The summed E-state index contributed by atoms with van der Waals surface area (Å²) in [5.74, 6) is -1.28. The molecule has 0 amide bonds. The van der Waals surface area contributed by atoms with Crippen LogP contribution in [-0.4, -0.2) is 34.6 Å². The second kappa shape index (κ2) is 5.05. The van der Waals surface area contributed by atoms with Gasteiger partial charge in [0, 0.05) is 13.1 Å². The van der Waals surface area contributed by atoms with E-state index in [4.69, 9.17) is 9.52 Å². The van der Waals surface area contributed by atoms with Crippen LogP contribution in [-0.2, 0) is 11.3 Å². The van der Waals surface area contributed by atoms with Crippen LogP contribution in [0.25, 0.3) is 11.1 Å². The molecule has 0 aliphatic heterocycles. The smallest absolute Gasteiger partial charge is 0.417 e. The summed E-state index contributed by atoms with van der Waals surface area (Å²) in [6.45, 7) is 1.10. The van der Waals surface area contributed by atoms with Crippen LogP contribution in [0, 0.1) is 0 Å². The van der Waals surface area contributed by atoms with Gasteiger partial charge in [0.25, 0.3) is 0 Å². The number of nitrogens with one attached hydrogen (secondary N) is 1. The second-order valence-corrected chi connectivity index (χ2v) is 4.23. The van der Waals surface area contributed by atoms with E-state index in [1.54, 1.807) is 6.07 Å². The number of carbonyl (C=O) groups is 1. The average Bonchev–Trinajstić information content (AvgIpc) is 2.66. The first-order valence-electron chi connectivity index (χ1n) is 5.56. The third-order valence-electron chi connectivity index (χ3n) is 2.64. The molecule has 0 radical (unpaired) electrons. The van der Waals surface area contributed by atoms with Crippen molar-refractivity contribution in [2.24, 2.45) is 0 Å². The minimum atomic E-state index is -0.809. The Morgan fingerprint density at radius 2 is 2.28 bits per heavy atom. The van der Waals surface area contributed by atoms with Gasteiger partial charge in [-0.15, -0.1) is 0 Å². The molecular weight excluding hydrogens is 236 g/mol. The molecule has 0 saturated carbocycles. The van der Waals surface area contributed by atoms with Gasteiger partial charge in [-0.05, 0) is 24.7 Å². The molecule has 0 aliphatic carbocycles. The van der Waals surface area contributed by atoms with E-state index in [-0.39, 0.29) is 6.42 Å². The maximum absolute atomic E-state index is 11.0. The Morgan fingerprint density at radius 1 is 1.50 bits per heavy atom. The highest BCUT2D eigenvalue weighted by molar-refractivity contribution is 5.72. The fourth-order valence-corrected chi connectivity index (χ4v) is 1.77. The van der Waals surface area contributed by atoms with Crippen LogP contribution >= 0.6 is 0 Å². The fourth-order valence-electron chi connectivity index (χ4n) is 1.77. The molecule has 1 aromatic heterocycles. The molecule has 1 aromatic carbocycles. The minimum absolute atomic E-state index is 0.112. The van der Waals surface area contributed by atoms with Crippen molar-refractivity contribution in [3.05, 3.63) is 34.3 Å². The number of H-pyrrole nitrogens is 1. The number of oxazole rings is 1. The summed E-state index contributed by atoms with van der Waals surface area (Å²) in [6.07, 6.45) is 0.112. The van der Waals surface area contributed by atoms with Crippen molar-refractivity contribution in [1.82, 2.24) is 9.88 Å². The normalized spacial score (nSPS) is 11.2. The number of benzene rings is 1. The predicted octanol–water partition coefficient (Wildman–Crippen LogP) is 1.03. The molecule has 18 heavy (non-hydrogen) atoms. The van der Waals surface area contributed by atoms with Crippen molar-refractivity contribution in [3.8, 4) is 0 Å². The van der Waals surface area contributed by atoms with Crippen molar-refractivity contribution in [2.75, 3.05) is 13.6 Å². The molecule has 0 bridgehead atoms. The van der Waals surface area contributed by atoms with Crippen molar-refractivity contribution < 1.29 is 14.3 Å². The highest BCUT2D eigenvalue weighted by Crippen LogP contribution is 2.13. The number of hydrogen-bond donors (Lipinski definition) is 2. The molecule has 6 heteroatoms. The number of nitrogens with zero attached hydrogens (tertiary/aromatic N) is 1. The van der Waals surface area contributed by atoms with E-state index < -0.39 is 11.7 Å². The van der Waals surface area contributed by atoms with E-state index in [1.807, 2.05) is 24.1 Å². The SMILES string of the molecule is CN(CCC(=O)O)Cc1ccc2oc(=O)[nH]c2c1. The fraction of sp³-hybridized carbons (Fsp3) is 0.333. The van der Waals surface area contributed by atoms with Crippen LogP contribution < -0.4 is 5.76 Å². The molecule has 0 atom stereocenters. The van der Waals surface area contributed by atoms with Gasteiger partial charge in [0.15, 0.2) is 5.58 Å². The molecule has 96 valence electrons. The standard InChI is InChI=1S/C12H14N2O4/c1-14(5-4-11(15)16)7-8-2-3-10-9(6-8)13-12(17)18-10/h2-3,6H,4-5,7H2,1H3,(H,13,17)(H,15,16). The van der Waals surface area contributed by atoms with E-state index in [2.05, 4.69) is 4.98 Å². The van der Waals surface area contributed by atoms with Gasteiger partial charge in [-0.1, -0.05) is 6.07 Å². The first kappa shape index (κ1) is 12.4. The lowest BCUT2D eigenvalue weighted by atomic mass is 10.2. The quantitative estimate of drug-likeness (QED) is 0.827. The molecule has 0 saturated heterocycles. The van der Waals surface area contributed by atoms with Gasteiger partial charge in [0.05, 0.1) is 11.9 Å². The summed E-state index contributed by atoms with van der Waals surface area (Å²) in [7, 11) is 1.85. The number of aromatic nitrogens is 1. The topological polar surface area (TPSA) is 86.5 Å². The van der Waals surface area contributed by atoms with Crippen molar-refractivity contribution in [3.63, 3.8) is 0 Å². The first-order valence-corrected chi connectivity index (χ1v) is 5.56. The van der Waals surface area contributed by atoms with Gasteiger partial charge in [0.2, 0.25) is 0 Å². The van der Waals surface area contributed by atoms with E-state index in [1.165, 1.54) is 0 Å². The van der Waals surface area contributed by atoms with Crippen LogP contribution in [0.2, 0.25) is 0 Å². The lowest BCUT2D eigenvalue weighted by molar-refractivity contribution is -0.137. The van der Waals surface area contributed by atoms with Crippen molar-refractivity contribution >= 4 is 17.1 Å². The van der Waals surface area contributed by atoms with Gasteiger partial charge in [-0.3, -0.25) is 9.78 Å². The summed E-state index contributed by atoms with van der Waals surface area (Å²) in [5, 5.41) is 8.59. The molecule has 0 unspecified atom stereocenters. The van der Waals surface area contributed by atoms with E-state index in [0.29, 0.717) is 24.2 Å². The summed E-state index contributed by atoms with van der Waals surface area (Å²) in [6, 6.07) is 5.42. The minimum Gasteiger partial charge on any atom is -0.481 e. The van der Waals surface area contributed by atoms with Crippen LogP contribution in [0.5, 0.6) is 0 Å². The number of rotatable bonds is 5. The van der Waals surface area contributed by atoms with Crippen LogP contribution in [0.3, 0.4) is 0 Å². The monoisotopic (exact) mass is 250 g/mol. The maximum atomic E-state index is 11.0. The average molecular weight is 250 g/mol. The van der Waals surface area contributed by atoms with Gasteiger partial charge in [-0.25, -0.2) is 4.79 Å². The molecular formula is C12H14N2O4. The number of carboxylic acids is 1. The number of carboxylic acid groups (broad SMARTS) is 1. The number of hydrogen-bond acceptors (Lipinski definition) is 4. The zero-order valence-electron chi connectivity index (χ0n) is 9.97. The van der Waals surface area contributed by atoms with E-state index in [0.717, 1.165) is 5.56 Å².